The van der Waals surface area contributed by atoms with E-state index in [0.717, 1.165) is 0 Å². The van der Waals surface area contributed by atoms with Crippen molar-refractivity contribution in [3.63, 3.8) is 0 Å². The fraction of sp³-hybridized carbons (Fsp3) is 0.182. The van der Waals surface area contributed by atoms with E-state index in [-0.39, 0.29) is 12.9 Å². The number of benzene rings is 1. The molecule has 90 valence electrons. The lowest BCUT2D eigenvalue weighted by atomic mass is 10.3. The van der Waals surface area contributed by atoms with Crippen molar-refractivity contribution in [3.05, 3.63) is 30.1 Å². The van der Waals surface area contributed by atoms with Crippen molar-refractivity contribution in [2.75, 3.05) is 12.0 Å². The van der Waals surface area contributed by atoms with Crippen LogP contribution in [0.25, 0.3) is 0 Å². The Labute approximate surface area is 97.3 Å². The summed E-state index contributed by atoms with van der Waals surface area (Å²) in [6.07, 6.45) is 0.268. The van der Waals surface area contributed by atoms with Crippen LogP contribution in [0.5, 0.6) is 0 Å². The molecule has 0 radical (unpaired) electrons. The Morgan fingerprint density at radius 3 is 2.94 bits per heavy atom. The molecule has 1 rings (SSSR count). The fourth-order valence-electron chi connectivity index (χ4n) is 1.01. The third kappa shape index (κ3) is 4.02. The van der Waals surface area contributed by atoms with E-state index >= 15 is 0 Å². The summed E-state index contributed by atoms with van der Waals surface area (Å²) in [6.45, 7) is 1.76. The lowest BCUT2D eigenvalue weighted by Gasteiger charge is -2.02. The number of nitrogens with one attached hydrogen (secondary N) is 1. The highest BCUT2D eigenvalue weighted by molar-refractivity contribution is 6.58. The van der Waals surface area contributed by atoms with Gasteiger partial charge in [0.15, 0.2) is 6.29 Å². The van der Waals surface area contributed by atoms with Crippen LogP contribution < -0.4 is 5.43 Å². The molecule has 0 fully saturated rings. The monoisotopic (exact) mass is 238 g/mol. The molecule has 0 atom stereocenters. The zero-order valence-electron chi connectivity index (χ0n) is 9.14. The van der Waals surface area contributed by atoms with Crippen molar-refractivity contribution >= 4 is 23.7 Å². The Kier molecular flexibility index (Phi) is 4.80. The van der Waals surface area contributed by atoms with Crippen LogP contribution in [0.2, 0.25) is 0 Å². The van der Waals surface area contributed by atoms with E-state index in [1.807, 2.05) is 0 Å². The number of carbonyl (C=O) groups excluding carboxylic acids is 2. The summed E-state index contributed by atoms with van der Waals surface area (Å²) in [6, 6.07) is 5.45. The highest BCUT2D eigenvalue weighted by Gasteiger charge is 2.11. The lowest BCUT2D eigenvalue weighted by molar-refractivity contribution is -0.135. The normalized spacial score (nSPS) is 10.8. The van der Waals surface area contributed by atoms with Gasteiger partial charge in [-0.15, -0.1) is 0 Å². The molecular formula is C11H11FN2O3. The third-order valence-corrected chi connectivity index (χ3v) is 1.73. The van der Waals surface area contributed by atoms with Gasteiger partial charge in [-0.1, -0.05) is 6.07 Å². The maximum absolute atomic E-state index is 12.8. The summed E-state index contributed by atoms with van der Waals surface area (Å²) in [4.78, 5) is 21.7. The van der Waals surface area contributed by atoms with Gasteiger partial charge in [-0.2, -0.15) is 5.10 Å². The van der Waals surface area contributed by atoms with Gasteiger partial charge in [0.1, 0.15) is 5.82 Å². The summed E-state index contributed by atoms with van der Waals surface area (Å²) < 4.78 is 17.4. The van der Waals surface area contributed by atoms with Crippen LogP contribution in [0, 0.1) is 5.82 Å². The van der Waals surface area contributed by atoms with Gasteiger partial charge in [-0.05, 0) is 25.1 Å². The highest BCUT2D eigenvalue weighted by Crippen LogP contribution is 2.08. The first-order valence-corrected chi connectivity index (χ1v) is 4.89. The summed E-state index contributed by atoms with van der Waals surface area (Å²) in [5, 5.41) is 3.53. The number of rotatable bonds is 5. The predicted molar refractivity (Wildman–Crippen MR) is 60.2 cm³/mol. The number of carbonyl (C=O) groups is 2. The fourth-order valence-corrected chi connectivity index (χ4v) is 1.01. The molecule has 1 aromatic rings. The van der Waals surface area contributed by atoms with Crippen molar-refractivity contribution in [1.82, 2.24) is 0 Å². The van der Waals surface area contributed by atoms with Gasteiger partial charge >= 0.3 is 5.97 Å². The molecule has 17 heavy (non-hydrogen) atoms. The molecule has 0 saturated carbocycles. The minimum Gasteiger partial charge on any atom is -0.461 e. The minimum atomic E-state index is -0.827. The van der Waals surface area contributed by atoms with E-state index < -0.39 is 17.5 Å². The molecule has 0 bridgehead atoms. The van der Waals surface area contributed by atoms with Gasteiger partial charge in [-0.25, -0.2) is 9.18 Å². The Hall–Kier alpha value is -2.24. The largest absolute Gasteiger partial charge is 0.461 e. The maximum atomic E-state index is 12.8. The Balaban J connectivity index is 2.74. The van der Waals surface area contributed by atoms with Gasteiger partial charge in [-0.3, -0.25) is 10.2 Å². The molecule has 0 aromatic heterocycles. The van der Waals surface area contributed by atoms with Crippen molar-refractivity contribution < 1.29 is 18.7 Å². The quantitative estimate of drug-likeness (QED) is 0.276. The van der Waals surface area contributed by atoms with E-state index in [9.17, 15) is 14.0 Å². The van der Waals surface area contributed by atoms with Crippen LogP contribution >= 0.6 is 0 Å². The second-order valence-electron chi connectivity index (χ2n) is 2.96. The van der Waals surface area contributed by atoms with E-state index in [1.54, 1.807) is 13.0 Å². The number of nitrogens with zero attached hydrogens (tertiary/aromatic N) is 1. The average molecular weight is 238 g/mol. The van der Waals surface area contributed by atoms with Gasteiger partial charge in [0.25, 0.3) is 0 Å². The molecule has 0 aliphatic carbocycles. The maximum Gasteiger partial charge on any atom is 0.362 e. The average Bonchev–Trinajstić information content (AvgIpc) is 2.30. The van der Waals surface area contributed by atoms with Crippen LogP contribution in [0.4, 0.5) is 10.1 Å². The second kappa shape index (κ2) is 6.37. The van der Waals surface area contributed by atoms with Gasteiger partial charge in [0, 0.05) is 0 Å². The summed E-state index contributed by atoms with van der Waals surface area (Å²) in [5.41, 5.74) is 2.31. The number of anilines is 1. The first-order chi connectivity index (χ1) is 8.17. The van der Waals surface area contributed by atoms with Crippen LogP contribution in [0.15, 0.2) is 29.4 Å². The lowest BCUT2D eigenvalue weighted by Crippen LogP contribution is -2.20. The zero-order chi connectivity index (χ0) is 12.7. The molecule has 0 amide bonds. The SMILES string of the molecule is CCOC(=O)/C(C=O)=N/Nc1cccc(F)c1. The first-order valence-electron chi connectivity index (χ1n) is 4.89. The van der Waals surface area contributed by atoms with E-state index in [4.69, 9.17) is 0 Å². The van der Waals surface area contributed by atoms with Gasteiger partial charge in [0.05, 0.1) is 12.3 Å². The number of aldehydes is 1. The van der Waals surface area contributed by atoms with Crippen LogP contribution in [-0.4, -0.2) is 24.6 Å². The van der Waals surface area contributed by atoms with E-state index in [0.29, 0.717) is 5.69 Å². The van der Waals surface area contributed by atoms with E-state index in [2.05, 4.69) is 15.3 Å². The molecule has 0 aliphatic heterocycles. The molecule has 6 heteroatoms. The second-order valence-corrected chi connectivity index (χ2v) is 2.96. The molecule has 5 nitrogen and oxygen atoms in total. The Morgan fingerprint density at radius 1 is 1.59 bits per heavy atom. The van der Waals surface area contributed by atoms with E-state index in [1.165, 1.54) is 18.2 Å². The summed E-state index contributed by atoms with van der Waals surface area (Å²) in [7, 11) is 0. The molecule has 0 spiro atoms. The zero-order valence-corrected chi connectivity index (χ0v) is 9.14. The Morgan fingerprint density at radius 2 is 2.35 bits per heavy atom. The van der Waals surface area contributed by atoms with Crippen LogP contribution in [-0.2, 0) is 14.3 Å². The number of esters is 1. The highest BCUT2D eigenvalue weighted by atomic mass is 19.1. The predicted octanol–water partition coefficient (Wildman–Crippen LogP) is 1.36. The van der Waals surface area contributed by atoms with Crippen molar-refractivity contribution in [2.24, 2.45) is 5.10 Å². The van der Waals surface area contributed by atoms with Crippen molar-refractivity contribution in [3.8, 4) is 0 Å². The molecule has 0 unspecified atom stereocenters. The number of hydrogen-bond acceptors (Lipinski definition) is 5. The topological polar surface area (TPSA) is 67.8 Å². The molecular weight excluding hydrogens is 227 g/mol. The van der Waals surface area contributed by atoms with Crippen molar-refractivity contribution in [2.45, 2.75) is 6.92 Å². The summed E-state index contributed by atoms with van der Waals surface area (Å²) >= 11 is 0. The molecule has 1 aromatic carbocycles. The number of ether oxygens (including phenoxy) is 1. The minimum absolute atomic E-state index is 0.145. The van der Waals surface area contributed by atoms with Crippen LogP contribution in [0.3, 0.4) is 0 Å². The molecule has 0 heterocycles. The molecule has 0 saturated heterocycles. The summed E-state index contributed by atoms with van der Waals surface area (Å²) in [5.74, 6) is -1.28. The molecule has 1 N–H and O–H groups in total. The molecule has 0 aliphatic rings. The van der Waals surface area contributed by atoms with Gasteiger partial charge < -0.3 is 4.74 Å². The number of hydrazone groups is 1. The first kappa shape index (κ1) is 12.8. The smallest absolute Gasteiger partial charge is 0.362 e. The van der Waals surface area contributed by atoms with Crippen LogP contribution in [0.1, 0.15) is 6.92 Å². The third-order valence-electron chi connectivity index (χ3n) is 1.73. The standard InChI is InChI=1S/C11H11FN2O3/c1-2-17-11(16)10(7-15)14-13-9-5-3-4-8(12)6-9/h3-7,13H,2H2,1H3/b14-10+. The van der Waals surface area contributed by atoms with Crippen molar-refractivity contribution in [1.29, 1.82) is 0 Å². The van der Waals surface area contributed by atoms with Gasteiger partial charge in [0.2, 0.25) is 5.71 Å². The number of hydrogen-bond donors (Lipinski definition) is 1. The Bertz CT molecular complexity index is 446. The number of halogens is 1.